The van der Waals surface area contributed by atoms with E-state index in [1.54, 1.807) is 11.0 Å². The van der Waals surface area contributed by atoms with Gasteiger partial charge in [0.25, 0.3) is 0 Å². The van der Waals surface area contributed by atoms with Crippen molar-refractivity contribution in [2.45, 2.75) is 24.9 Å². The Balaban J connectivity index is 1.59. The molecule has 22 heavy (non-hydrogen) atoms. The lowest BCUT2D eigenvalue weighted by molar-refractivity contribution is -0.148. The largest absolute Gasteiger partial charge is 0.481 e. The molecule has 1 aromatic rings. The van der Waals surface area contributed by atoms with E-state index in [1.807, 2.05) is 6.07 Å². The molecular weight excluding hydrogens is 289 g/mol. The number of amides is 1. The molecule has 1 aliphatic carbocycles. The van der Waals surface area contributed by atoms with Gasteiger partial charge in [-0.15, -0.1) is 0 Å². The van der Waals surface area contributed by atoms with E-state index in [1.165, 1.54) is 12.1 Å². The van der Waals surface area contributed by atoms with Crippen LogP contribution < -0.4 is 0 Å². The van der Waals surface area contributed by atoms with Crippen LogP contribution in [0.15, 0.2) is 24.3 Å². The molecule has 2 aliphatic rings. The Morgan fingerprint density at radius 1 is 1.41 bits per heavy atom. The number of carbonyl (C=O) groups excluding carboxylic acids is 1. The summed E-state index contributed by atoms with van der Waals surface area (Å²) in [5.74, 6) is -1.24. The summed E-state index contributed by atoms with van der Waals surface area (Å²) in [6.07, 6.45) is 0.187. The van der Waals surface area contributed by atoms with Gasteiger partial charge in [-0.05, 0) is 30.0 Å². The standard InChI is InChI=1S/C16H18FNO4/c17-11-3-1-2-10(6-11)13-8-14(13)16(21)18-4-5-22-12(9-18)7-15(19)20/h1-3,6,12-14H,4-5,7-9H2,(H,19,20). The van der Waals surface area contributed by atoms with Gasteiger partial charge in [-0.2, -0.15) is 0 Å². The minimum Gasteiger partial charge on any atom is -0.481 e. The molecule has 3 rings (SSSR count). The first-order valence-electron chi connectivity index (χ1n) is 7.42. The molecule has 3 unspecified atom stereocenters. The average Bonchev–Trinajstić information content (AvgIpc) is 3.26. The number of hydrogen-bond acceptors (Lipinski definition) is 3. The molecule has 0 radical (unpaired) electrons. The molecule has 0 bridgehead atoms. The maximum atomic E-state index is 13.2. The number of morpholine rings is 1. The number of nitrogens with zero attached hydrogens (tertiary/aromatic N) is 1. The van der Waals surface area contributed by atoms with E-state index in [2.05, 4.69) is 0 Å². The van der Waals surface area contributed by atoms with Gasteiger partial charge >= 0.3 is 5.97 Å². The fourth-order valence-corrected chi connectivity index (χ4v) is 3.05. The molecule has 1 heterocycles. The predicted octanol–water partition coefficient (Wildman–Crippen LogP) is 1.63. The zero-order chi connectivity index (χ0) is 15.7. The second-order valence-corrected chi connectivity index (χ2v) is 5.88. The van der Waals surface area contributed by atoms with Crippen molar-refractivity contribution in [3.8, 4) is 0 Å². The summed E-state index contributed by atoms with van der Waals surface area (Å²) in [5, 5.41) is 8.81. The topological polar surface area (TPSA) is 66.8 Å². The van der Waals surface area contributed by atoms with Crippen molar-refractivity contribution in [1.29, 1.82) is 0 Å². The zero-order valence-electron chi connectivity index (χ0n) is 12.1. The summed E-state index contributed by atoms with van der Waals surface area (Å²) in [7, 11) is 0. The summed E-state index contributed by atoms with van der Waals surface area (Å²) < 4.78 is 18.6. The van der Waals surface area contributed by atoms with Crippen molar-refractivity contribution in [2.75, 3.05) is 19.7 Å². The highest BCUT2D eigenvalue weighted by atomic mass is 19.1. The third kappa shape index (κ3) is 3.27. The minimum absolute atomic E-state index is 0.0213. The molecule has 1 aliphatic heterocycles. The van der Waals surface area contributed by atoms with E-state index >= 15 is 0 Å². The van der Waals surface area contributed by atoms with Crippen LogP contribution in [0.2, 0.25) is 0 Å². The van der Waals surface area contributed by atoms with Crippen LogP contribution in [0.4, 0.5) is 4.39 Å². The third-order valence-electron chi connectivity index (χ3n) is 4.24. The van der Waals surface area contributed by atoms with Crippen LogP contribution in [0.3, 0.4) is 0 Å². The van der Waals surface area contributed by atoms with Crippen LogP contribution in [-0.2, 0) is 14.3 Å². The van der Waals surface area contributed by atoms with E-state index in [9.17, 15) is 14.0 Å². The Labute approximate surface area is 127 Å². The van der Waals surface area contributed by atoms with Crippen molar-refractivity contribution in [3.05, 3.63) is 35.6 Å². The molecule has 1 saturated heterocycles. The number of benzene rings is 1. The third-order valence-corrected chi connectivity index (χ3v) is 4.24. The van der Waals surface area contributed by atoms with Crippen LogP contribution in [0.25, 0.3) is 0 Å². The van der Waals surface area contributed by atoms with Gasteiger partial charge in [0, 0.05) is 19.0 Å². The van der Waals surface area contributed by atoms with Gasteiger partial charge < -0.3 is 14.7 Å². The van der Waals surface area contributed by atoms with Gasteiger partial charge in [-0.1, -0.05) is 12.1 Å². The Kier molecular flexibility index (Phi) is 4.11. The summed E-state index contributed by atoms with van der Waals surface area (Å²) in [5.41, 5.74) is 0.855. The summed E-state index contributed by atoms with van der Waals surface area (Å²) in [6.45, 7) is 1.17. The summed E-state index contributed by atoms with van der Waals surface area (Å²) >= 11 is 0. The number of carboxylic acid groups (broad SMARTS) is 1. The number of hydrogen-bond donors (Lipinski definition) is 1. The fraction of sp³-hybridized carbons (Fsp3) is 0.500. The fourth-order valence-electron chi connectivity index (χ4n) is 3.05. The van der Waals surface area contributed by atoms with Gasteiger partial charge in [0.1, 0.15) is 5.82 Å². The lowest BCUT2D eigenvalue weighted by atomic mass is 10.1. The van der Waals surface area contributed by atoms with Crippen LogP contribution in [0, 0.1) is 11.7 Å². The average molecular weight is 307 g/mol. The number of carbonyl (C=O) groups is 2. The van der Waals surface area contributed by atoms with Crippen molar-refractivity contribution in [2.24, 2.45) is 5.92 Å². The quantitative estimate of drug-likeness (QED) is 0.918. The molecule has 1 saturated carbocycles. The lowest BCUT2D eigenvalue weighted by Crippen LogP contribution is -2.47. The molecule has 1 aromatic carbocycles. The molecule has 6 heteroatoms. The van der Waals surface area contributed by atoms with Gasteiger partial charge in [-0.3, -0.25) is 9.59 Å². The summed E-state index contributed by atoms with van der Waals surface area (Å²) in [4.78, 5) is 24.9. The highest BCUT2D eigenvalue weighted by Crippen LogP contribution is 2.48. The van der Waals surface area contributed by atoms with E-state index in [4.69, 9.17) is 9.84 Å². The first kappa shape index (κ1) is 15.0. The van der Waals surface area contributed by atoms with Gasteiger partial charge in [0.15, 0.2) is 0 Å². The maximum Gasteiger partial charge on any atom is 0.306 e. The highest BCUT2D eigenvalue weighted by Gasteiger charge is 2.46. The molecule has 5 nitrogen and oxygen atoms in total. The molecule has 118 valence electrons. The molecule has 1 N–H and O–H groups in total. The lowest BCUT2D eigenvalue weighted by Gasteiger charge is -2.32. The second-order valence-electron chi connectivity index (χ2n) is 5.88. The first-order chi connectivity index (χ1) is 10.5. The normalized spacial score (nSPS) is 27.5. The van der Waals surface area contributed by atoms with Gasteiger partial charge in [0.2, 0.25) is 5.91 Å². The van der Waals surface area contributed by atoms with E-state index in [0.29, 0.717) is 19.7 Å². The van der Waals surface area contributed by atoms with Crippen molar-refractivity contribution < 1.29 is 23.8 Å². The van der Waals surface area contributed by atoms with Crippen LogP contribution in [0.5, 0.6) is 0 Å². The van der Waals surface area contributed by atoms with E-state index in [-0.39, 0.29) is 30.0 Å². The molecule has 2 fully saturated rings. The number of ether oxygens (including phenoxy) is 1. The SMILES string of the molecule is O=C(O)CC1CN(C(=O)C2CC2c2cccc(F)c2)CCO1. The first-order valence-corrected chi connectivity index (χ1v) is 7.42. The van der Waals surface area contributed by atoms with Crippen LogP contribution in [-0.4, -0.2) is 47.7 Å². The van der Waals surface area contributed by atoms with Crippen LogP contribution >= 0.6 is 0 Å². The summed E-state index contributed by atoms with van der Waals surface area (Å²) in [6, 6.07) is 6.36. The molecule has 1 amide bonds. The highest BCUT2D eigenvalue weighted by molar-refractivity contribution is 5.83. The molecular formula is C16H18FNO4. The second kappa shape index (κ2) is 6.04. The Hall–Kier alpha value is -1.95. The van der Waals surface area contributed by atoms with Gasteiger partial charge in [-0.25, -0.2) is 4.39 Å². The minimum atomic E-state index is -0.927. The van der Waals surface area contributed by atoms with E-state index < -0.39 is 12.1 Å². The molecule has 3 atom stereocenters. The zero-order valence-corrected chi connectivity index (χ0v) is 12.1. The van der Waals surface area contributed by atoms with Crippen LogP contribution in [0.1, 0.15) is 24.3 Å². The monoisotopic (exact) mass is 307 g/mol. The van der Waals surface area contributed by atoms with Crippen molar-refractivity contribution in [1.82, 2.24) is 4.90 Å². The number of aliphatic carboxylic acids is 1. The maximum absolute atomic E-state index is 13.2. The van der Waals surface area contributed by atoms with Gasteiger partial charge in [0.05, 0.1) is 19.1 Å². The predicted molar refractivity (Wildman–Crippen MR) is 75.8 cm³/mol. The molecule has 0 aromatic heterocycles. The number of rotatable bonds is 4. The van der Waals surface area contributed by atoms with Crippen molar-refractivity contribution in [3.63, 3.8) is 0 Å². The van der Waals surface area contributed by atoms with Crippen molar-refractivity contribution >= 4 is 11.9 Å². The van der Waals surface area contributed by atoms with E-state index in [0.717, 1.165) is 12.0 Å². The Morgan fingerprint density at radius 3 is 2.95 bits per heavy atom. The Bertz CT molecular complexity index is 591. The smallest absolute Gasteiger partial charge is 0.306 e. The number of carboxylic acids is 1. The molecule has 0 spiro atoms. The Morgan fingerprint density at radius 2 is 2.23 bits per heavy atom. The number of halogens is 1.